The van der Waals surface area contributed by atoms with Gasteiger partial charge in [0.1, 0.15) is 0 Å². The van der Waals surface area contributed by atoms with E-state index >= 15 is 0 Å². The monoisotopic (exact) mass is 388 g/mol. The van der Waals surface area contributed by atoms with Gasteiger partial charge in [0.25, 0.3) is 0 Å². The molecule has 2 aliphatic rings. The maximum atomic E-state index is 11.9. The average molecular weight is 389 g/mol. The molecule has 0 spiro atoms. The molecule has 3 rings (SSSR count). The number of benzene rings is 1. The van der Waals surface area contributed by atoms with Crippen LogP contribution in [-0.4, -0.2) is 70.4 Å². The van der Waals surface area contributed by atoms with Gasteiger partial charge in [-0.1, -0.05) is 12.1 Å². The third kappa shape index (κ3) is 5.45. The second-order valence-corrected chi connectivity index (χ2v) is 7.38. The number of hydrogen-bond donors (Lipinski definition) is 1. The van der Waals surface area contributed by atoms with Gasteiger partial charge in [0.2, 0.25) is 5.91 Å². The third-order valence-electron chi connectivity index (χ3n) is 5.35. The van der Waals surface area contributed by atoms with Crippen LogP contribution in [-0.2, 0) is 20.8 Å². The summed E-state index contributed by atoms with van der Waals surface area (Å²) in [7, 11) is 3.52. The minimum atomic E-state index is 0.223. The molecule has 1 atom stereocenters. The molecule has 2 aliphatic heterocycles. The topological polar surface area (TPSA) is 66.4 Å². The average Bonchev–Trinajstić information content (AvgIpc) is 3.36. The lowest BCUT2D eigenvalue weighted by Crippen LogP contribution is -2.39. The zero-order valence-electron chi connectivity index (χ0n) is 17.0. The molecule has 0 radical (unpaired) electrons. The summed E-state index contributed by atoms with van der Waals surface area (Å²) in [6.07, 6.45) is 2.73. The Bertz CT molecular complexity index is 662. The van der Waals surface area contributed by atoms with Gasteiger partial charge in [-0.25, -0.2) is 0 Å². The van der Waals surface area contributed by atoms with Crippen molar-refractivity contribution >= 4 is 17.6 Å². The van der Waals surface area contributed by atoms with Gasteiger partial charge in [-0.3, -0.25) is 9.79 Å². The number of ether oxygens (including phenoxy) is 2. The fraction of sp³-hybridized carbons (Fsp3) is 0.619. The Morgan fingerprint density at radius 3 is 2.75 bits per heavy atom. The summed E-state index contributed by atoms with van der Waals surface area (Å²) >= 11 is 0. The van der Waals surface area contributed by atoms with E-state index in [1.165, 1.54) is 5.56 Å². The zero-order chi connectivity index (χ0) is 19.8. The van der Waals surface area contributed by atoms with Gasteiger partial charge in [-0.05, 0) is 30.5 Å². The molecule has 7 heteroatoms. The molecular formula is C21H32N4O3. The van der Waals surface area contributed by atoms with E-state index in [1.54, 1.807) is 7.11 Å². The fourth-order valence-electron chi connectivity index (χ4n) is 3.78. The first-order chi connectivity index (χ1) is 13.7. The molecule has 28 heavy (non-hydrogen) atoms. The number of likely N-dealkylation sites (tertiary alicyclic amines) is 1. The first-order valence-electron chi connectivity index (χ1n) is 10.1. The Morgan fingerprint density at radius 2 is 2.07 bits per heavy atom. The van der Waals surface area contributed by atoms with Crippen LogP contribution in [0, 0.1) is 5.92 Å². The summed E-state index contributed by atoms with van der Waals surface area (Å²) in [6, 6.07) is 8.23. The van der Waals surface area contributed by atoms with Gasteiger partial charge in [0.15, 0.2) is 5.96 Å². The summed E-state index contributed by atoms with van der Waals surface area (Å²) < 4.78 is 10.7. The molecule has 7 nitrogen and oxygen atoms in total. The molecule has 1 aromatic carbocycles. The van der Waals surface area contributed by atoms with Crippen molar-refractivity contribution in [1.29, 1.82) is 0 Å². The Kier molecular flexibility index (Phi) is 7.68. The number of nitrogens with zero attached hydrogens (tertiary/aromatic N) is 3. The van der Waals surface area contributed by atoms with Crippen molar-refractivity contribution in [2.75, 3.05) is 58.5 Å². The van der Waals surface area contributed by atoms with Gasteiger partial charge >= 0.3 is 0 Å². The van der Waals surface area contributed by atoms with Crippen molar-refractivity contribution in [2.45, 2.75) is 25.8 Å². The maximum Gasteiger partial charge on any atom is 0.227 e. The molecule has 0 saturated carbocycles. The SMILES string of the molecule is CN=C(NCc1ccc(N2CCCC2=O)cc1)N1CCC(COCCOC)C1. The molecule has 1 N–H and O–H groups in total. The van der Waals surface area contributed by atoms with Gasteiger partial charge in [0.05, 0.1) is 19.8 Å². The Hall–Kier alpha value is -2.12. The van der Waals surface area contributed by atoms with Gasteiger partial charge in [-0.15, -0.1) is 0 Å². The lowest BCUT2D eigenvalue weighted by Gasteiger charge is -2.22. The fourth-order valence-corrected chi connectivity index (χ4v) is 3.78. The standard InChI is InChI=1S/C21H32N4O3/c1-22-21(24-11-9-18(15-24)16-28-13-12-27-2)23-14-17-5-7-19(8-6-17)25-10-3-4-20(25)26/h5-8,18H,3-4,9-16H2,1-2H3,(H,22,23). The van der Waals surface area contributed by atoms with Gasteiger partial charge in [0, 0.05) is 58.4 Å². The predicted octanol–water partition coefficient (Wildman–Crippen LogP) is 1.87. The second kappa shape index (κ2) is 10.4. The van der Waals surface area contributed by atoms with E-state index in [1.807, 2.05) is 24.1 Å². The Morgan fingerprint density at radius 1 is 1.25 bits per heavy atom. The molecule has 1 aromatic rings. The highest BCUT2D eigenvalue weighted by Gasteiger charge is 2.25. The molecule has 154 valence electrons. The quantitative estimate of drug-likeness (QED) is 0.418. The lowest BCUT2D eigenvalue weighted by atomic mass is 10.1. The van der Waals surface area contributed by atoms with Crippen LogP contribution in [0.2, 0.25) is 0 Å². The van der Waals surface area contributed by atoms with Crippen LogP contribution in [0.3, 0.4) is 0 Å². The summed E-state index contributed by atoms with van der Waals surface area (Å²) in [5.74, 6) is 1.69. The van der Waals surface area contributed by atoms with E-state index in [0.717, 1.165) is 50.7 Å². The number of anilines is 1. The number of carbonyl (C=O) groups is 1. The van der Waals surface area contributed by atoms with Crippen molar-refractivity contribution in [2.24, 2.45) is 10.9 Å². The van der Waals surface area contributed by atoms with Gasteiger partial charge in [-0.2, -0.15) is 0 Å². The lowest BCUT2D eigenvalue weighted by molar-refractivity contribution is -0.117. The third-order valence-corrected chi connectivity index (χ3v) is 5.35. The molecular weight excluding hydrogens is 356 g/mol. The largest absolute Gasteiger partial charge is 0.382 e. The van der Waals surface area contributed by atoms with Crippen LogP contribution in [0.15, 0.2) is 29.3 Å². The highest BCUT2D eigenvalue weighted by atomic mass is 16.5. The molecule has 0 bridgehead atoms. The van der Waals surface area contributed by atoms with E-state index in [2.05, 4.69) is 27.3 Å². The second-order valence-electron chi connectivity index (χ2n) is 7.38. The highest BCUT2D eigenvalue weighted by molar-refractivity contribution is 5.95. The number of methoxy groups -OCH3 is 1. The molecule has 2 fully saturated rings. The van der Waals surface area contributed by atoms with Crippen molar-refractivity contribution in [3.63, 3.8) is 0 Å². The smallest absolute Gasteiger partial charge is 0.227 e. The van der Waals surface area contributed by atoms with Crippen molar-refractivity contribution in [3.8, 4) is 0 Å². The molecule has 1 unspecified atom stereocenters. The summed E-state index contributed by atoms with van der Waals surface area (Å²) in [6.45, 7) is 5.56. The maximum absolute atomic E-state index is 11.9. The zero-order valence-corrected chi connectivity index (χ0v) is 17.0. The molecule has 1 amide bonds. The molecule has 0 aromatic heterocycles. The van der Waals surface area contributed by atoms with Crippen LogP contribution >= 0.6 is 0 Å². The minimum absolute atomic E-state index is 0.223. The van der Waals surface area contributed by atoms with Crippen LogP contribution in [0.4, 0.5) is 5.69 Å². The summed E-state index contributed by atoms with van der Waals surface area (Å²) in [4.78, 5) is 20.5. The summed E-state index contributed by atoms with van der Waals surface area (Å²) in [5, 5.41) is 3.46. The number of carbonyl (C=O) groups excluding carboxylic acids is 1. The van der Waals surface area contributed by atoms with Crippen molar-refractivity contribution in [3.05, 3.63) is 29.8 Å². The summed E-state index contributed by atoms with van der Waals surface area (Å²) in [5.41, 5.74) is 2.17. The molecule has 2 saturated heterocycles. The van der Waals surface area contributed by atoms with Crippen molar-refractivity contribution < 1.29 is 14.3 Å². The predicted molar refractivity (Wildman–Crippen MR) is 111 cm³/mol. The van der Waals surface area contributed by atoms with Crippen LogP contribution in [0.25, 0.3) is 0 Å². The number of guanidine groups is 1. The van der Waals surface area contributed by atoms with E-state index in [0.29, 0.717) is 32.1 Å². The first kappa shape index (κ1) is 20.6. The minimum Gasteiger partial charge on any atom is -0.382 e. The van der Waals surface area contributed by atoms with Crippen LogP contribution < -0.4 is 10.2 Å². The number of nitrogens with one attached hydrogen (secondary N) is 1. The number of rotatable bonds is 8. The van der Waals surface area contributed by atoms with E-state index in [-0.39, 0.29) is 5.91 Å². The van der Waals surface area contributed by atoms with E-state index in [9.17, 15) is 4.79 Å². The Labute approximate surface area is 167 Å². The normalized spacial score (nSPS) is 20.3. The first-order valence-corrected chi connectivity index (χ1v) is 10.1. The number of aliphatic imine (C=N–C) groups is 1. The number of hydrogen-bond acceptors (Lipinski definition) is 4. The number of amides is 1. The van der Waals surface area contributed by atoms with Crippen LogP contribution in [0.1, 0.15) is 24.8 Å². The van der Waals surface area contributed by atoms with E-state index in [4.69, 9.17) is 9.47 Å². The molecule has 0 aliphatic carbocycles. The Balaban J connectivity index is 1.45. The van der Waals surface area contributed by atoms with Crippen LogP contribution in [0.5, 0.6) is 0 Å². The van der Waals surface area contributed by atoms with Crippen molar-refractivity contribution in [1.82, 2.24) is 10.2 Å². The van der Waals surface area contributed by atoms with Gasteiger partial charge < -0.3 is 24.6 Å². The highest BCUT2D eigenvalue weighted by Crippen LogP contribution is 2.22. The van der Waals surface area contributed by atoms with E-state index < -0.39 is 0 Å². The molecule has 2 heterocycles.